The molecular formula is C14H23I3O. The normalized spacial score (nSPS) is 14.7. The van der Waals surface area contributed by atoms with Crippen LogP contribution in [0.2, 0.25) is 0 Å². The Morgan fingerprint density at radius 2 is 1.83 bits per heavy atom. The van der Waals surface area contributed by atoms with Crippen molar-refractivity contribution in [1.29, 1.82) is 0 Å². The molecule has 18 heavy (non-hydrogen) atoms. The lowest BCUT2D eigenvalue weighted by molar-refractivity contribution is -0.115. The maximum atomic E-state index is 12.0. The van der Waals surface area contributed by atoms with Crippen LogP contribution >= 0.6 is 67.8 Å². The highest BCUT2D eigenvalue weighted by Crippen LogP contribution is 2.43. The van der Waals surface area contributed by atoms with Crippen molar-refractivity contribution < 1.29 is 4.79 Å². The highest BCUT2D eigenvalue weighted by Gasteiger charge is 2.23. The number of alkyl halides is 3. The zero-order chi connectivity index (χ0) is 14.2. The molecule has 0 aromatic heterocycles. The highest BCUT2D eigenvalue weighted by molar-refractivity contribution is 14.3. The zero-order valence-corrected chi connectivity index (χ0v) is 17.9. The Morgan fingerprint density at radius 3 is 2.28 bits per heavy atom. The molecular weight excluding hydrogens is 565 g/mol. The summed E-state index contributed by atoms with van der Waals surface area (Å²) in [6.07, 6.45) is 8.50. The molecule has 0 aliphatic rings. The number of hydrogen-bond acceptors (Lipinski definition) is 1. The van der Waals surface area contributed by atoms with Gasteiger partial charge in [-0.2, -0.15) is 0 Å². The van der Waals surface area contributed by atoms with E-state index in [0.717, 1.165) is 6.42 Å². The maximum Gasteiger partial charge on any atom is 0.156 e. The number of halogens is 3. The van der Waals surface area contributed by atoms with E-state index in [1.807, 2.05) is 6.08 Å². The number of carbonyl (C=O) groups excluding carboxylic acids is 1. The van der Waals surface area contributed by atoms with Gasteiger partial charge in [0.05, 0.1) is 0 Å². The first-order valence-corrected chi connectivity index (χ1v) is 9.85. The molecule has 1 atom stereocenters. The topological polar surface area (TPSA) is 17.1 Å². The summed E-state index contributed by atoms with van der Waals surface area (Å²) < 4.78 is 0.0309. The van der Waals surface area contributed by atoms with E-state index in [1.54, 1.807) is 0 Å². The van der Waals surface area contributed by atoms with Gasteiger partial charge in [-0.3, -0.25) is 4.79 Å². The summed E-state index contributed by atoms with van der Waals surface area (Å²) in [6, 6.07) is 0. The van der Waals surface area contributed by atoms with Crippen LogP contribution in [0.3, 0.4) is 0 Å². The SMILES string of the molecule is CCCCCC(C)CC(=O)/C=C(\CC)C(I)(I)I. The van der Waals surface area contributed by atoms with Crippen molar-refractivity contribution in [2.45, 2.75) is 58.7 Å². The lowest BCUT2D eigenvalue weighted by Gasteiger charge is -2.16. The lowest BCUT2D eigenvalue weighted by atomic mass is 9.97. The van der Waals surface area contributed by atoms with Gasteiger partial charge in [-0.25, -0.2) is 0 Å². The molecule has 0 aliphatic heterocycles. The summed E-state index contributed by atoms with van der Waals surface area (Å²) in [5.74, 6) is 0.815. The molecule has 0 aromatic rings. The molecule has 0 bridgehead atoms. The van der Waals surface area contributed by atoms with E-state index in [2.05, 4.69) is 88.5 Å². The summed E-state index contributed by atoms with van der Waals surface area (Å²) in [5, 5.41) is 0. The lowest BCUT2D eigenvalue weighted by Crippen LogP contribution is -2.09. The van der Waals surface area contributed by atoms with Gasteiger partial charge in [0.25, 0.3) is 0 Å². The standard InChI is InChI=1S/C14H23I3O/c1-4-6-7-8-11(3)9-13(18)10-12(5-2)14(15,16)17/h10-11H,4-9H2,1-3H3/b12-10+. The molecule has 1 nitrogen and oxygen atoms in total. The molecule has 106 valence electrons. The average Bonchev–Trinajstić information content (AvgIpc) is 2.24. The Labute approximate surface area is 153 Å². The van der Waals surface area contributed by atoms with Crippen LogP contribution in [0.1, 0.15) is 59.3 Å². The van der Waals surface area contributed by atoms with E-state index in [-0.39, 0.29) is -0.565 Å². The molecule has 0 amide bonds. The van der Waals surface area contributed by atoms with Crippen molar-refractivity contribution in [3.8, 4) is 0 Å². The van der Waals surface area contributed by atoms with Crippen molar-refractivity contribution in [1.82, 2.24) is 0 Å². The molecule has 0 heterocycles. The number of carbonyl (C=O) groups is 1. The van der Waals surface area contributed by atoms with Crippen LogP contribution in [-0.2, 0) is 4.79 Å². The third-order valence-corrected chi connectivity index (χ3v) is 5.01. The van der Waals surface area contributed by atoms with E-state index >= 15 is 0 Å². The Hall–Kier alpha value is 1.60. The monoisotopic (exact) mass is 588 g/mol. The largest absolute Gasteiger partial charge is 0.295 e. The average molecular weight is 588 g/mol. The second kappa shape index (κ2) is 10.3. The van der Waals surface area contributed by atoms with E-state index in [9.17, 15) is 4.79 Å². The predicted molar refractivity (Wildman–Crippen MR) is 106 cm³/mol. The van der Waals surface area contributed by atoms with Crippen LogP contribution in [0.15, 0.2) is 11.6 Å². The molecule has 0 aromatic carbocycles. The first kappa shape index (κ1) is 19.6. The molecule has 0 saturated heterocycles. The Kier molecular flexibility index (Phi) is 11.3. The summed E-state index contributed by atoms with van der Waals surface area (Å²) in [4.78, 5) is 12.0. The Bertz CT molecular complexity index is 279. The van der Waals surface area contributed by atoms with E-state index < -0.39 is 0 Å². The summed E-state index contributed by atoms with van der Waals surface area (Å²) in [6.45, 7) is 6.53. The third-order valence-electron chi connectivity index (χ3n) is 2.93. The molecule has 0 spiro atoms. The Morgan fingerprint density at radius 1 is 1.22 bits per heavy atom. The summed E-state index contributed by atoms with van der Waals surface area (Å²) >= 11 is 7.16. The van der Waals surface area contributed by atoms with Gasteiger partial charge in [-0.15, -0.1) is 0 Å². The van der Waals surface area contributed by atoms with Gasteiger partial charge in [0.15, 0.2) is 5.78 Å². The maximum absolute atomic E-state index is 12.0. The minimum Gasteiger partial charge on any atom is -0.295 e. The number of ketones is 1. The van der Waals surface area contributed by atoms with Crippen molar-refractivity contribution in [3.05, 3.63) is 11.6 Å². The van der Waals surface area contributed by atoms with Gasteiger partial charge in [0, 0.05) is 6.42 Å². The minimum absolute atomic E-state index is 0.0309. The Balaban J connectivity index is 4.27. The van der Waals surface area contributed by atoms with Gasteiger partial charge in [-0.05, 0) is 24.0 Å². The smallest absolute Gasteiger partial charge is 0.156 e. The quantitative estimate of drug-likeness (QED) is 0.131. The molecule has 0 aliphatic carbocycles. The van der Waals surface area contributed by atoms with Crippen molar-refractivity contribution in [2.75, 3.05) is 0 Å². The van der Waals surface area contributed by atoms with Gasteiger partial charge in [0.2, 0.25) is 0 Å². The zero-order valence-electron chi connectivity index (χ0n) is 11.4. The van der Waals surface area contributed by atoms with Gasteiger partial charge in [-0.1, -0.05) is 114 Å². The van der Waals surface area contributed by atoms with Gasteiger partial charge in [0.1, 0.15) is -0.565 Å². The third kappa shape index (κ3) is 9.50. The van der Waals surface area contributed by atoms with E-state index in [1.165, 1.54) is 31.3 Å². The van der Waals surface area contributed by atoms with Crippen molar-refractivity contribution in [2.24, 2.45) is 5.92 Å². The van der Waals surface area contributed by atoms with Crippen LogP contribution in [0.5, 0.6) is 0 Å². The van der Waals surface area contributed by atoms with Crippen LogP contribution < -0.4 is 0 Å². The highest BCUT2D eigenvalue weighted by atomic mass is 127. The van der Waals surface area contributed by atoms with Crippen LogP contribution in [0, 0.1) is 5.92 Å². The van der Waals surface area contributed by atoms with Crippen molar-refractivity contribution >= 4 is 73.6 Å². The first-order valence-electron chi connectivity index (χ1n) is 6.61. The second-order valence-corrected chi connectivity index (χ2v) is 15.8. The van der Waals surface area contributed by atoms with Crippen LogP contribution in [0.25, 0.3) is 0 Å². The molecule has 4 heteroatoms. The summed E-state index contributed by atoms with van der Waals surface area (Å²) in [7, 11) is 0. The predicted octanol–water partition coefficient (Wildman–Crippen LogP) is 6.46. The molecule has 0 rings (SSSR count). The number of allylic oxidation sites excluding steroid dienone is 2. The number of hydrogen-bond donors (Lipinski definition) is 0. The fourth-order valence-electron chi connectivity index (χ4n) is 1.83. The molecule has 0 N–H and O–H groups in total. The molecule has 0 saturated carbocycles. The molecule has 0 fully saturated rings. The van der Waals surface area contributed by atoms with Gasteiger partial charge < -0.3 is 0 Å². The van der Waals surface area contributed by atoms with Crippen LogP contribution in [0.4, 0.5) is 0 Å². The second-order valence-electron chi connectivity index (χ2n) is 4.79. The first-order chi connectivity index (χ1) is 8.31. The minimum atomic E-state index is 0.0309. The molecule has 1 unspecified atom stereocenters. The number of rotatable bonds is 9. The summed E-state index contributed by atoms with van der Waals surface area (Å²) in [5.41, 5.74) is 1.23. The van der Waals surface area contributed by atoms with Crippen LogP contribution in [-0.4, -0.2) is 5.22 Å². The number of unbranched alkanes of at least 4 members (excludes halogenated alkanes) is 2. The van der Waals surface area contributed by atoms with Gasteiger partial charge >= 0.3 is 0 Å². The fourth-order valence-corrected chi connectivity index (χ4v) is 3.44. The van der Waals surface area contributed by atoms with E-state index in [4.69, 9.17) is 0 Å². The van der Waals surface area contributed by atoms with E-state index in [0.29, 0.717) is 18.1 Å². The van der Waals surface area contributed by atoms with Crippen molar-refractivity contribution in [3.63, 3.8) is 0 Å². The molecule has 0 radical (unpaired) electrons. The fraction of sp³-hybridized carbons (Fsp3) is 0.786.